The third-order valence-corrected chi connectivity index (χ3v) is 3.21. The minimum Gasteiger partial charge on any atom is -0.376 e. The molecule has 0 atom stereocenters. The van der Waals surface area contributed by atoms with E-state index in [1.54, 1.807) is 17.1 Å². The van der Waals surface area contributed by atoms with E-state index in [9.17, 15) is 0 Å². The van der Waals surface area contributed by atoms with Crippen molar-refractivity contribution < 1.29 is 0 Å². The van der Waals surface area contributed by atoms with E-state index in [1.165, 1.54) is 0 Å². The highest BCUT2D eigenvalue weighted by Gasteiger charge is 2.07. The molecule has 6 heteroatoms. The zero-order chi connectivity index (χ0) is 14.5. The number of aryl methyl sites for hydroxylation is 1. The van der Waals surface area contributed by atoms with Crippen molar-refractivity contribution in [1.29, 1.82) is 0 Å². The Kier molecular flexibility index (Phi) is 3.95. The zero-order valence-corrected chi connectivity index (χ0v) is 12.0. The number of pyridine rings is 1. The van der Waals surface area contributed by atoms with E-state index in [2.05, 4.69) is 27.4 Å². The van der Waals surface area contributed by atoms with Gasteiger partial charge in [-0.25, -0.2) is 9.67 Å². The van der Waals surface area contributed by atoms with Crippen molar-refractivity contribution in [2.75, 3.05) is 5.32 Å². The molecule has 3 rings (SSSR count). The number of hydrogen-bond acceptors (Lipinski definition) is 4. The molecule has 0 unspecified atom stereocenters. The van der Waals surface area contributed by atoms with Crippen molar-refractivity contribution in [2.45, 2.75) is 26.4 Å². The summed E-state index contributed by atoms with van der Waals surface area (Å²) in [6, 6.07) is 7.84. The molecule has 3 aromatic heterocycles. The molecule has 0 fully saturated rings. The van der Waals surface area contributed by atoms with E-state index < -0.39 is 0 Å². The van der Waals surface area contributed by atoms with Crippen molar-refractivity contribution >= 4 is 5.69 Å². The molecule has 0 saturated heterocycles. The standard InChI is InChI=1S/C15H18N6/c1-2-10-20-13(6-9-19-20)12-17-14-5-3-7-16-15(14)21-11-4-8-18-21/h3-9,11,17H,2,10,12H2,1H3. The normalized spacial score (nSPS) is 10.7. The minimum absolute atomic E-state index is 0.708. The Balaban J connectivity index is 1.78. The monoisotopic (exact) mass is 282 g/mol. The zero-order valence-electron chi connectivity index (χ0n) is 12.0. The Bertz CT molecular complexity index is 686. The van der Waals surface area contributed by atoms with Crippen LogP contribution in [0.25, 0.3) is 5.82 Å². The van der Waals surface area contributed by atoms with Crippen LogP contribution in [0.4, 0.5) is 5.69 Å². The smallest absolute Gasteiger partial charge is 0.176 e. The van der Waals surface area contributed by atoms with Crippen LogP contribution < -0.4 is 5.32 Å². The maximum absolute atomic E-state index is 4.40. The largest absolute Gasteiger partial charge is 0.376 e. The van der Waals surface area contributed by atoms with Gasteiger partial charge in [0.25, 0.3) is 0 Å². The van der Waals surface area contributed by atoms with E-state index in [4.69, 9.17) is 0 Å². The molecule has 21 heavy (non-hydrogen) atoms. The highest BCUT2D eigenvalue weighted by Crippen LogP contribution is 2.17. The summed E-state index contributed by atoms with van der Waals surface area (Å²) in [5.41, 5.74) is 2.11. The lowest BCUT2D eigenvalue weighted by Gasteiger charge is -2.12. The molecule has 0 amide bonds. The van der Waals surface area contributed by atoms with Crippen LogP contribution in [-0.2, 0) is 13.1 Å². The number of aromatic nitrogens is 5. The second kappa shape index (κ2) is 6.21. The fourth-order valence-electron chi connectivity index (χ4n) is 2.22. The Hall–Kier alpha value is -2.63. The third kappa shape index (κ3) is 2.94. The quantitative estimate of drug-likeness (QED) is 0.754. The number of nitrogens with one attached hydrogen (secondary N) is 1. The Labute approximate surface area is 123 Å². The number of hydrogen-bond donors (Lipinski definition) is 1. The number of nitrogens with zero attached hydrogens (tertiary/aromatic N) is 5. The summed E-state index contributed by atoms with van der Waals surface area (Å²) in [5.74, 6) is 0.795. The fraction of sp³-hybridized carbons (Fsp3) is 0.267. The number of rotatable bonds is 6. The first-order valence-corrected chi connectivity index (χ1v) is 7.08. The molecule has 0 aliphatic carbocycles. The van der Waals surface area contributed by atoms with Gasteiger partial charge in [0.1, 0.15) is 0 Å². The van der Waals surface area contributed by atoms with Crippen LogP contribution in [0, 0.1) is 0 Å². The minimum atomic E-state index is 0.708. The lowest BCUT2D eigenvalue weighted by Crippen LogP contribution is -2.11. The molecule has 0 radical (unpaired) electrons. The second-order valence-electron chi connectivity index (χ2n) is 4.72. The molecule has 0 spiro atoms. The Morgan fingerprint density at radius 1 is 1.10 bits per heavy atom. The molecule has 3 heterocycles. The number of anilines is 1. The molecule has 0 aliphatic rings. The summed E-state index contributed by atoms with van der Waals surface area (Å²) in [6.45, 7) is 3.79. The van der Waals surface area contributed by atoms with Crippen molar-refractivity contribution in [3.63, 3.8) is 0 Å². The van der Waals surface area contributed by atoms with Crippen LogP contribution in [0.1, 0.15) is 19.0 Å². The summed E-state index contributed by atoms with van der Waals surface area (Å²) in [6.07, 6.45) is 8.30. The highest BCUT2D eigenvalue weighted by molar-refractivity contribution is 5.56. The molecular weight excluding hydrogens is 264 g/mol. The van der Waals surface area contributed by atoms with Gasteiger partial charge in [0.15, 0.2) is 5.82 Å². The Morgan fingerprint density at radius 3 is 2.86 bits per heavy atom. The van der Waals surface area contributed by atoms with Crippen LogP contribution >= 0.6 is 0 Å². The predicted octanol–water partition coefficient (Wildman–Crippen LogP) is 2.49. The molecule has 108 valence electrons. The van der Waals surface area contributed by atoms with Crippen molar-refractivity contribution in [1.82, 2.24) is 24.5 Å². The van der Waals surface area contributed by atoms with Crippen LogP contribution in [0.15, 0.2) is 49.1 Å². The predicted molar refractivity (Wildman–Crippen MR) is 81.2 cm³/mol. The fourth-order valence-corrected chi connectivity index (χ4v) is 2.22. The van der Waals surface area contributed by atoms with E-state index in [1.807, 2.05) is 41.3 Å². The van der Waals surface area contributed by atoms with Gasteiger partial charge in [-0.2, -0.15) is 10.2 Å². The van der Waals surface area contributed by atoms with Gasteiger partial charge in [-0.15, -0.1) is 0 Å². The van der Waals surface area contributed by atoms with E-state index >= 15 is 0 Å². The van der Waals surface area contributed by atoms with Crippen LogP contribution in [0.5, 0.6) is 0 Å². The SMILES string of the molecule is CCCn1nccc1CNc1cccnc1-n1cccn1. The highest BCUT2D eigenvalue weighted by atomic mass is 15.3. The molecule has 0 saturated carbocycles. The van der Waals surface area contributed by atoms with Crippen LogP contribution in [0.2, 0.25) is 0 Å². The molecule has 6 nitrogen and oxygen atoms in total. The second-order valence-corrected chi connectivity index (χ2v) is 4.72. The molecule has 0 aliphatic heterocycles. The van der Waals surface area contributed by atoms with Crippen molar-refractivity contribution in [3.8, 4) is 5.82 Å². The summed E-state index contributed by atoms with van der Waals surface area (Å²) >= 11 is 0. The first-order chi connectivity index (χ1) is 10.4. The molecule has 1 N–H and O–H groups in total. The average molecular weight is 282 g/mol. The molecule has 3 aromatic rings. The maximum Gasteiger partial charge on any atom is 0.176 e. The molecular formula is C15H18N6. The van der Waals surface area contributed by atoms with Gasteiger partial charge in [-0.3, -0.25) is 4.68 Å². The van der Waals surface area contributed by atoms with Gasteiger partial charge in [-0.05, 0) is 30.7 Å². The summed E-state index contributed by atoms with van der Waals surface area (Å²) in [7, 11) is 0. The van der Waals surface area contributed by atoms with Gasteiger partial charge in [0, 0.05) is 31.3 Å². The first-order valence-electron chi connectivity index (χ1n) is 7.08. The van der Waals surface area contributed by atoms with Gasteiger partial charge >= 0.3 is 0 Å². The topological polar surface area (TPSA) is 60.6 Å². The lowest BCUT2D eigenvalue weighted by molar-refractivity contribution is 0.578. The lowest BCUT2D eigenvalue weighted by atomic mass is 10.3. The van der Waals surface area contributed by atoms with Gasteiger partial charge in [-0.1, -0.05) is 6.92 Å². The molecule has 0 bridgehead atoms. The van der Waals surface area contributed by atoms with E-state index in [-0.39, 0.29) is 0 Å². The summed E-state index contributed by atoms with van der Waals surface area (Å²) < 4.78 is 3.78. The molecule has 0 aromatic carbocycles. The van der Waals surface area contributed by atoms with Crippen molar-refractivity contribution in [3.05, 3.63) is 54.7 Å². The average Bonchev–Trinajstić information content (AvgIpc) is 3.17. The first kappa shape index (κ1) is 13.4. The summed E-state index contributed by atoms with van der Waals surface area (Å²) in [5, 5.41) is 12.0. The van der Waals surface area contributed by atoms with Gasteiger partial charge < -0.3 is 5.32 Å². The third-order valence-electron chi connectivity index (χ3n) is 3.21. The van der Waals surface area contributed by atoms with Gasteiger partial charge in [0.05, 0.1) is 17.9 Å². The van der Waals surface area contributed by atoms with E-state index in [0.29, 0.717) is 6.54 Å². The summed E-state index contributed by atoms with van der Waals surface area (Å²) in [4.78, 5) is 4.40. The van der Waals surface area contributed by atoms with Crippen molar-refractivity contribution in [2.24, 2.45) is 0 Å². The van der Waals surface area contributed by atoms with E-state index in [0.717, 1.165) is 30.2 Å². The van der Waals surface area contributed by atoms with Crippen LogP contribution in [0.3, 0.4) is 0 Å². The maximum atomic E-state index is 4.40. The Morgan fingerprint density at radius 2 is 2.05 bits per heavy atom. The van der Waals surface area contributed by atoms with Gasteiger partial charge in [0.2, 0.25) is 0 Å². The van der Waals surface area contributed by atoms with Crippen LogP contribution in [-0.4, -0.2) is 24.5 Å².